The van der Waals surface area contributed by atoms with E-state index in [1.165, 1.54) is 18.4 Å². The van der Waals surface area contributed by atoms with Gasteiger partial charge in [-0.3, -0.25) is 0 Å². The number of benzene rings is 1. The molecular formula is C16H19NO3S. The first-order valence-corrected chi connectivity index (χ1v) is 7.49. The molecule has 5 heteroatoms. The summed E-state index contributed by atoms with van der Waals surface area (Å²) in [4.78, 5) is 13.3. The van der Waals surface area contributed by atoms with Gasteiger partial charge in [0.15, 0.2) is 0 Å². The molecule has 4 nitrogen and oxygen atoms in total. The minimum atomic E-state index is -0.391. The number of thiophene rings is 1. The maximum absolute atomic E-state index is 11.8. The Morgan fingerprint density at radius 1 is 1.33 bits per heavy atom. The minimum Gasteiger partial charge on any atom is -0.496 e. The van der Waals surface area contributed by atoms with Gasteiger partial charge in [-0.05, 0) is 36.1 Å². The summed E-state index contributed by atoms with van der Waals surface area (Å²) in [5.74, 6) is 0.429. The van der Waals surface area contributed by atoms with Gasteiger partial charge in [-0.2, -0.15) is 0 Å². The van der Waals surface area contributed by atoms with Crippen molar-refractivity contribution in [3.63, 3.8) is 0 Å². The molecule has 0 saturated carbocycles. The second-order valence-electron chi connectivity index (χ2n) is 4.68. The number of ether oxygens (including phenoxy) is 2. The minimum absolute atomic E-state index is 0.391. The van der Waals surface area contributed by atoms with Crippen molar-refractivity contribution in [1.29, 1.82) is 0 Å². The molecule has 0 radical (unpaired) electrons. The van der Waals surface area contributed by atoms with Crippen LogP contribution in [0.1, 0.15) is 27.7 Å². The van der Waals surface area contributed by atoms with Gasteiger partial charge in [0.05, 0.1) is 19.9 Å². The molecule has 1 aromatic heterocycles. The van der Waals surface area contributed by atoms with E-state index in [4.69, 9.17) is 15.2 Å². The highest BCUT2D eigenvalue weighted by molar-refractivity contribution is 7.18. The van der Waals surface area contributed by atoms with Crippen LogP contribution in [0.15, 0.2) is 18.2 Å². The standard InChI is InChI=1S/C16H19NO3S/c1-5-11-13(17)15(16(18)20-4)21-14(11)10-7-6-9(2)12(8-10)19-3/h6-8H,5,17H2,1-4H3. The lowest BCUT2D eigenvalue weighted by molar-refractivity contribution is 0.0607. The number of nitrogen functional groups attached to an aromatic ring is 1. The first-order chi connectivity index (χ1) is 10.0. The number of hydrogen-bond donors (Lipinski definition) is 1. The predicted molar refractivity (Wildman–Crippen MR) is 86.2 cm³/mol. The van der Waals surface area contributed by atoms with Crippen LogP contribution in [0.2, 0.25) is 0 Å². The average molecular weight is 305 g/mol. The van der Waals surface area contributed by atoms with Gasteiger partial charge in [-0.1, -0.05) is 19.1 Å². The van der Waals surface area contributed by atoms with E-state index in [1.54, 1.807) is 7.11 Å². The Hall–Kier alpha value is -2.01. The third-order valence-corrected chi connectivity index (χ3v) is 4.72. The van der Waals surface area contributed by atoms with Crippen LogP contribution in [-0.4, -0.2) is 20.2 Å². The van der Waals surface area contributed by atoms with E-state index >= 15 is 0 Å². The van der Waals surface area contributed by atoms with E-state index in [0.29, 0.717) is 10.6 Å². The highest BCUT2D eigenvalue weighted by atomic mass is 32.1. The molecule has 0 atom stereocenters. The smallest absolute Gasteiger partial charge is 0.350 e. The molecule has 112 valence electrons. The molecule has 0 fully saturated rings. The molecule has 2 N–H and O–H groups in total. The fourth-order valence-corrected chi connectivity index (χ4v) is 3.49. The van der Waals surface area contributed by atoms with Crippen molar-refractivity contribution in [2.75, 3.05) is 20.0 Å². The summed E-state index contributed by atoms with van der Waals surface area (Å²) >= 11 is 1.37. The van der Waals surface area contributed by atoms with Crippen molar-refractivity contribution < 1.29 is 14.3 Å². The lowest BCUT2D eigenvalue weighted by Crippen LogP contribution is -2.02. The summed E-state index contributed by atoms with van der Waals surface area (Å²) in [5.41, 5.74) is 9.67. The summed E-state index contributed by atoms with van der Waals surface area (Å²) < 4.78 is 10.2. The zero-order chi connectivity index (χ0) is 15.6. The summed E-state index contributed by atoms with van der Waals surface area (Å²) in [6.45, 7) is 4.01. The van der Waals surface area contributed by atoms with Crippen molar-refractivity contribution in [3.8, 4) is 16.2 Å². The van der Waals surface area contributed by atoms with Crippen LogP contribution in [0.25, 0.3) is 10.4 Å². The second-order valence-corrected chi connectivity index (χ2v) is 5.70. The van der Waals surface area contributed by atoms with E-state index < -0.39 is 5.97 Å². The van der Waals surface area contributed by atoms with E-state index in [9.17, 15) is 4.79 Å². The number of anilines is 1. The molecular weight excluding hydrogens is 286 g/mol. The summed E-state index contributed by atoms with van der Waals surface area (Å²) in [6, 6.07) is 5.99. The van der Waals surface area contributed by atoms with Crippen LogP contribution >= 0.6 is 11.3 Å². The molecule has 0 aliphatic carbocycles. The maximum atomic E-state index is 11.8. The maximum Gasteiger partial charge on any atom is 0.350 e. The van der Waals surface area contributed by atoms with E-state index in [0.717, 1.165) is 33.7 Å². The number of carbonyl (C=O) groups excluding carboxylic acids is 1. The lowest BCUT2D eigenvalue weighted by Gasteiger charge is -2.08. The Morgan fingerprint density at radius 3 is 2.62 bits per heavy atom. The first-order valence-electron chi connectivity index (χ1n) is 6.67. The van der Waals surface area contributed by atoms with Crippen LogP contribution < -0.4 is 10.5 Å². The molecule has 2 rings (SSSR count). The number of esters is 1. The molecule has 0 aliphatic heterocycles. The van der Waals surface area contributed by atoms with Crippen LogP contribution in [0.4, 0.5) is 5.69 Å². The SMILES string of the molecule is CCc1c(-c2ccc(C)c(OC)c2)sc(C(=O)OC)c1N. The second kappa shape index (κ2) is 6.18. The van der Waals surface area contributed by atoms with Crippen molar-refractivity contribution in [2.24, 2.45) is 0 Å². The third-order valence-electron chi connectivity index (χ3n) is 3.44. The van der Waals surface area contributed by atoms with Gasteiger partial charge in [-0.25, -0.2) is 4.79 Å². The average Bonchev–Trinajstić information content (AvgIpc) is 2.83. The van der Waals surface area contributed by atoms with Gasteiger partial charge in [-0.15, -0.1) is 11.3 Å². The van der Waals surface area contributed by atoms with E-state index in [2.05, 4.69) is 0 Å². The zero-order valence-electron chi connectivity index (χ0n) is 12.6. The fraction of sp³-hybridized carbons (Fsp3) is 0.312. The Morgan fingerprint density at radius 2 is 2.05 bits per heavy atom. The third kappa shape index (κ3) is 2.74. The molecule has 2 aromatic rings. The van der Waals surface area contributed by atoms with E-state index in [-0.39, 0.29) is 0 Å². The van der Waals surface area contributed by atoms with Crippen LogP contribution in [-0.2, 0) is 11.2 Å². The largest absolute Gasteiger partial charge is 0.496 e. The van der Waals surface area contributed by atoms with Gasteiger partial charge < -0.3 is 15.2 Å². The Kier molecular flexibility index (Phi) is 4.53. The molecule has 0 unspecified atom stereocenters. The number of carbonyl (C=O) groups is 1. The molecule has 21 heavy (non-hydrogen) atoms. The van der Waals surface area contributed by atoms with Crippen molar-refractivity contribution in [1.82, 2.24) is 0 Å². The van der Waals surface area contributed by atoms with Gasteiger partial charge in [0.25, 0.3) is 0 Å². The lowest BCUT2D eigenvalue weighted by atomic mass is 10.0. The fourth-order valence-electron chi connectivity index (χ4n) is 2.27. The Balaban J connectivity index is 2.60. The molecule has 0 bridgehead atoms. The Labute approximate surface area is 128 Å². The van der Waals surface area contributed by atoms with Gasteiger partial charge >= 0.3 is 5.97 Å². The summed E-state index contributed by atoms with van der Waals surface area (Å²) in [6.07, 6.45) is 0.755. The predicted octanol–water partition coefficient (Wildman–Crippen LogP) is 3.66. The number of methoxy groups -OCH3 is 2. The molecule has 0 saturated heterocycles. The van der Waals surface area contributed by atoms with Crippen LogP contribution in [0, 0.1) is 6.92 Å². The normalized spacial score (nSPS) is 10.5. The van der Waals surface area contributed by atoms with Gasteiger partial charge in [0.2, 0.25) is 0 Å². The molecule has 0 amide bonds. The van der Waals surface area contributed by atoms with Crippen LogP contribution in [0.3, 0.4) is 0 Å². The molecule has 0 spiro atoms. The molecule has 1 aromatic carbocycles. The van der Waals surface area contributed by atoms with E-state index in [1.807, 2.05) is 32.0 Å². The quantitative estimate of drug-likeness (QED) is 0.876. The van der Waals surface area contributed by atoms with Crippen molar-refractivity contribution in [2.45, 2.75) is 20.3 Å². The van der Waals surface area contributed by atoms with Crippen molar-refractivity contribution in [3.05, 3.63) is 34.2 Å². The number of rotatable bonds is 4. The first kappa shape index (κ1) is 15.4. The summed E-state index contributed by atoms with van der Waals surface area (Å²) in [7, 11) is 3.01. The van der Waals surface area contributed by atoms with Gasteiger partial charge in [0, 0.05) is 4.88 Å². The van der Waals surface area contributed by atoms with Crippen LogP contribution in [0.5, 0.6) is 5.75 Å². The molecule has 1 heterocycles. The number of nitrogens with two attached hydrogens (primary N) is 1. The highest BCUT2D eigenvalue weighted by Gasteiger charge is 2.21. The van der Waals surface area contributed by atoms with Crippen molar-refractivity contribution >= 4 is 23.0 Å². The topological polar surface area (TPSA) is 61.5 Å². The zero-order valence-corrected chi connectivity index (χ0v) is 13.5. The summed E-state index contributed by atoms with van der Waals surface area (Å²) in [5, 5.41) is 0. The molecule has 0 aliphatic rings. The monoisotopic (exact) mass is 305 g/mol. The van der Waals surface area contributed by atoms with Gasteiger partial charge in [0.1, 0.15) is 10.6 Å². The number of aryl methyl sites for hydroxylation is 1. The number of hydrogen-bond acceptors (Lipinski definition) is 5. The highest BCUT2D eigenvalue weighted by Crippen LogP contribution is 2.40. The Bertz CT molecular complexity index is 676.